The van der Waals surface area contributed by atoms with Gasteiger partial charge in [0, 0.05) is 23.9 Å². The largest absolute Gasteiger partial charge is 0.385 e. The highest BCUT2D eigenvalue weighted by Crippen LogP contribution is 2.24. The molecular weight excluding hydrogens is 168 g/mol. The minimum absolute atomic E-state index is 0.165. The molecule has 0 radical (unpaired) electrons. The van der Waals surface area contributed by atoms with Crippen molar-refractivity contribution in [3.8, 4) is 0 Å². The molecule has 0 aliphatic rings. The van der Waals surface area contributed by atoms with Crippen LogP contribution in [0.4, 0.5) is 11.4 Å². The molecule has 0 saturated carbocycles. The van der Waals surface area contributed by atoms with Crippen LogP contribution in [0.3, 0.4) is 0 Å². The Morgan fingerprint density at radius 1 is 1.54 bits per heavy atom. The summed E-state index contributed by atoms with van der Waals surface area (Å²) in [6.07, 6.45) is 0. The van der Waals surface area contributed by atoms with Gasteiger partial charge in [0.1, 0.15) is 0 Å². The third kappa shape index (κ3) is 1.96. The van der Waals surface area contributed by atoms with Gasteiger partial charge in [-0.25, -0.2) is 0 Å². The van der Waals surface area contributed by atoms with Crippen LogP contribution in [0.5, 0.6) is 0 Å². The zero-order chi connectivity index (χ0) is 9.84. The second kappa shape index (κ2) is 3.89. The molecular formula is C9H12N2O2. The number of benzene rings is 1. The van der Waals surface area contributed by atoms with E-state index < -0.39 is 0 Å². The molecule has 0 amide bonds. The average molecular weight is 180 g/mol. The second-order valence-corrected chi connectivity index (χ2v) is 2.74. The molecule has 1 aromatic carbocycles. The fraction of sp³-hybridized carbons (Fsp3) is 0.333. The summed E-state index contributed by atoms with van der Waals surface area (Å²) < 4.78 is 0. The summed E-state index contributed by atoms with van der Waals surface area (Å²) in [5, 5.41) is 13.6. The van der Waals surface area contributed by atoms with Crippen LogP contribution >= 0.6 is 0 Å². The quantitative estimate of drug-likeness (QED) is 0.573. The number of nitro benzene ring substituents is 1. The van der Waals surface area contributed by atoms with Gasteiger partial charge in [-0.15, -0.1) is 0 Å². The number of hydrogen-bond donors (Lipinski definition) is 1. The molecule has 4 heteroatoms. The number of hydrogen-bond acceptors (Lipinski definition) is 3. The maximum atomic E-state index is 10.6. The van der Waals surface area contributed by atoms with Crippen LogP contribution in [0.1, 0.15) is 12.5 Å². The summed E-state index contributed by atoms with van der Waals surface area (Å²) in [4.78, 5) is 10.2. The molecule has 0 aliphatic heterocycles. The van der Waals surface area contributed by atoms with Crippen molar-refractivity contribution in [2.75, 3.05) is 11.9 Å². The summed E-state index contributed by atoms with van der Waals surface area (Å²) in [6.45, 7) is 4.47. The summed E-state index contributed by atoms with van der Waals surface area (Å²) in [7, 11) is 0. The molecule has 0 atom stereocenters. The molecule has 4 nitrogen and oxygen atoms in total. The lowest BCUT2D eigenvalue weighted by Gasteiger charge is -2.06. The van der Waals surface area contributed by atoms with E-state index in [1.807, 2.05) is 13.0 Å². The van der Waals surface area contributed by atoms with E-state index in [0.717, 1.165) is 12.2 Å². The number of anilines is 1. The van der Waals surface area contributed by atoms with Gasteiger partial charge in [0.25, 0.3) is 5.69 Å². The smallest absolute Gasteiger partial charge is 0.274 e. The Morgan fingerprint density at radius 2 is 2.23 bits per heavy atom. The predicted molar refractivity (Wildman–Crippen MR) is 52.0 cm³/mol. The Balaban J connectivity index is 3.10. The van der Waals surface area contributed by atoms with Crippen molar-refractivity contribution in [3.63, 3.8) is 0 Å². The zero-order valence-electron chi connectivity index (χ0n) is 7.70. The van der Waals surface area contributed by atoms with Gasteiger partial charge in [0.15, 0.2) is 0 Å². The summed E-state index contributed by atoms with van der Waals surface area (Å²) in [5.74, 6) is 0. The predicted octanol–water partition coefficient (Wildman–Crippen LogP) is 2.34. The van der Waals surface area contributed by atoms with Crippen molar-refractivity contribution in [2.24, 2.45) is 0 Å². The lowest BCUT2D eigenvalue weighted by molar-refractivity contribution is -0.385. The number of nitrogens with zero attached hydrogens (tertiary/aromatic N) is 1. The molecule has 1 aromatic rings. The molecule has 0 heterocycles. The monoisotopic (exact) mass is 180 g/mol. The van der Waals surface area contributed by atoms with E-state index in [1.54, 1.807) is 13.0 Å². The lowest BCUT2D eigenvalue weighted by Crippen LogP contribution is -2.00. The first kappa shape index (κ1) is 9.51. The third-order valence-corrected chi connectivity index (χ3v) is 1.87. The van der Waals surface area contributed by atoms with Gasteiger partial charge in [0.05, 0.1) is 4.92 Å². The van der Waals surface area contributed by atoms with Crippen molar-refractivity contribution < 1.29 is 4.92 Å². The molecule has 0 unspecified atom stereocenters. The summed E-state index contributed by atoms with van der Waals surface area (Å²) in [5.41, 5.74) is 1.68. The van der Waals surface area contributed by atoms with Gasteiger partial charge in [-0.2, -0.15) is 0 Å². The van der Waals surface area contributed by atoms with Crippen LogP contribution in [-0.2, 0) is 0 Å². The number of rotatable bonds is 3. The van der Waals surface area contributed by atoms with Crippen LogP contribution in [0, 0.1) is 17.0 Å². The molecule has 0 aromatic heterocycles. The standard InChI is InChI=1S/C9H12N2O2/c1-3-10-8-5-4-6-9(7(8)2)11(12)13/h4-6,10H,3H2,1-2H3. The highest BCUT2D eigenvalue weighted by Gasteiger charge is 2.11. The summed E-state index contributed by atoms with van der Waals surface area (Å²) >= 11 is 0. The van der Waals surface area contributed by atoms with Crippen LogP contribution in [0.25, 0.3) is 0 Å². The summed E-state index contributed by atoms with van der Waals surface area (Å²) in [6, 6.07) is 5.03. The lowest BCUT2D eigenvalue weighted by atomic mass is 10.1. The van der Waals surface area contributed by atoms with E-state index in [-0.39, 0.29) is 10.6 Å². The SMILES string of the molecule is CCNc1cccc([N+](=O)[O-])c1C. The first-order valence-electron chi connectivity index (χ1n) is 4.14. The van der Waals surface area contributed by atoms with Crippen molar-refractivity contribution >= 4 is 11.4 Å². The molecule has 1 rings (SSSR count). The fourth-order valence-corrected chi connectivity index (χ4v) is 1.20. The van der Waals surface area contributed by atoms with Crippen LogP contribution in [0.15, 0.2) is 18.2 Å². The fourth-order valence-electron chi connectivity index (χ4n) is 1.20. The van der Waals surface area contributed by atoms with E-state index in [1.165, 1.54) is 6.07 Å². The second-order valence-electron chi connectivity index (χ2n) is 2.74. The maximum absolute atomic E-state index is 10.6. The first-order valence-corrected chi connectivity index (χ1v) is 4.14. The van der Waals surface area contributed by atoms with Crippen molar-refractivity contribution in [2.45, 2.75) is 13.8 Å². The van der Waals surface area contributed by atoms with Crippen LogP contribution in [0.2, 0.25) is 0 Å². The van der Waals surface area contributed by atoms with Crippen molar-refractivity contribution in [1.82, 2.24) is 0 Å². The Hall–Kier alpha value is -1.58. The van der Waals surface area contributed by atoms with E-state index in [4.69, 9.17) is 0 Å². The van der Waals surface area contributed by atoms with Crippen LogP contribution < -0.4 is 5.32 Å². The van der Waals surface area contributed by atoms with Crippen molar-refractivity contribution in [1.29, 1.82) is 0 Å². The zero-order valence-corrected chi connectivity index (χ0v) is 7.70. The van der Waals surface area contributed by atoms with E-state index in [9.17, 15) is 10.1 Å². The minimum Gasteiger partial charge on any atom is -0.385 e. The Kier molecular flexibility index (Phi) is 2.84. The molecule has 0 aliphatic carbocycles. The third-order valence-electron chi connectivity index (χ3n) is 1.87. The van der Waals surface area contributed by atoms with Crippen LogP contribution in [-0.4, -0.2) is 11.5 Å². The number of nitrogens with one attached hydrogen (secondary N) is 1. The van der Waals surface area contributed by atoms with Gasteiger partial charge in [-0.1, -0.05) is 6.07 Å². The van der Waals surface area contributed by atoms with E-state index >= 15 is 0 Å². The molecule has 13 heavy (non-hydrogen) atoms. The molecule has 1 N–H and O–H groups in total. The molecule has 0 bridgehead atoms. The van der Waals surface area contributed by atoms with E-state index in [2.05, 4.69) is 5.32 Å². The minimum atomic E-state index is -0.365. The number of nitro groups is 1. The van der Waals surface area contributed by atoms with Gasteiger partial charge in [0.2, 0.25) is 0 Å². The maximum Gasteiger partial charge on any atom is 0.274 e. The highest BCUT2D eigenvalue weighted by molar-refractivity contribution is 5.59. The highest BCUT2D eigenvalue weighted by atomic mass is 16.6. The molecule has 0 saturated heterocycles. The van der Waals surface area contributed by atoms with Gasteiger partial charge < -0.3 is 5.32 Å². The normalized spacial score (nSPS) is 9.69. The topological polar surface area (TPSA) is 55.2 Å². The Morgan fingerprint density at radius 3 is 2.77 bits per heavy atom. The molecule has 0 fully saturated rings. The van der Waals surface area contributed by atoms with Crippen molar-refractivity contribution in [3.05, 3.63) is 33.9 Å². The van der Waals surface area contributed by atoms with E-state index in [0.29, 0.717) is 5.56 Å². The Bertz CT molecular complexity index is 323. The average Bonchev–Trinajstić information content (AvgIpc) is 2.08. The first-order chi connectivity index (χ1) is 6.16. The molecule has 0 spiro atoms. The van der Waals surface area contributed by atoms with Gasteiger partial charge >= 0.3 is 0 Å². The van der Waals surface area contributed by atoms with Gasteiger partial charge in [-0.3, -0.25) is 10.1 Å². The van der Waals surface area contributed by atoms with Gasteiger partial charge in [-0.05, 0) is 19.9 Å². The Labute approximate surface area is 76.7 Å². The molecule has 70 valence electrons.